The van der Waals surface area contributed by atoms with Crippen molar-refractivity contribution < 1.29 is 26.3 Å². The average molecular weight is 408 g/mol. The van der Waals surface area contributed by atoms with E-state index in [4.69, 9.17) is 0 Å². The van der Waals surface area contributed by atoms with Gasteiger partial charge in [0, 0.05) is 22.8 Å². The fourth-order valence-electron chi connectivity index (χ4n) is 2.43. The second-order valence-corrected chi connectivity index (χ2v) is 5.89. The molecule has 148 valence electrons. The Morgan fingerprint density at radius 2 is 1.48 bits per heavy atom. The van der Waals surface area contributed by atoms with Gasteiger partial charge in [0.15, 0.2) is 0 Å². The molecule has 3 nitrogen and oxygen atoms in total. The number of benzene rings is 2. The van der Waals surface area contributed by atoms with Crippen molar-refractivity contribution in [2.45, 2.75) is 12.4 Å². The molecule has 1 aromatic heterocycles. The van der Waals surface area contributed by atoms with Gasteiger partial charge in [-0.25, -0.2) is 5.10 Å². The first kappa shape index (κ1) is 20.2. The van der Waals surface area contributed by atoms with Gasteiger partial charge in [0.1, 0.15) is 0 Å². The molecule has 0 aliphatic heterocycles. The summed E-state index contributed by atoms with van der Waals surface area (Å²) < 4.78 is 78.0. The van der Waals surface area contributed by atoms with Crippen molar-refractivity contribution >= 4 is 0 Å². The number of H-pyrrole nitrogens is 1. The summed E-state index contributed by atoms with van der Waals surface area (Å²) in [7, 11) is 0. The van der Waals surface area contributed by atoms with Crippen LogP contribution in [0.25, 0.3) is 11.3 Å². The summed E-state index contributed by atoms with van der Waals surface area (Å²) in [4.78, 5) is 11.1. The molecule has 9 heteroatoms. The van der Waals surface area contributed by atoms with Crippen LogP contribution in [0.2, 0.25) is 0 Å². The van der Waals surface area contributed by atoms with Gasteiger partial charge < -0.3 is 0 Å². The monoisotopic (exact) mass is 408 g/mol. The quantitative estimate of drug-likeness (QED) is 0.461. The molecule has 29 heavy (non-hydrogen) atoms. The van der Waals surface area contributed by atoms with Gasteiger partial charge in [-0.2, -0.15) is 31.4 Å². The van der Waals surface area contributed by atoms with E-state index in [1.807, 2.05) is 0 Å². The van der Waals surface area contributed by atoms with Gasteiger partial charge >= 0.3 is 12.4 Å². The molecular weight excluding hydrogens is 398 g/mol. The molecule has 0 radical (unpaired) electrons. The molecular formula is C20H10F6N2O. The van der Waals surface area contributed by atoms with Crippen molar-refractivity contribution in [3.8, 4) is 23.1 Å². The Bertz CT molecular complexity index is 1130. The summed E-state index contributed by atoms with van der Waals surface area (Å²) >= 11 is 0. The smallest absolute Gasteiger partial charge is 0.268 e. The second kappa shape index (κ2) is 7.47. The SMILES string of the molecule is O=c1ccc(-c2ccc(C#Cc3ccc(C(F)(F)F)cc3)c(C(F)(F)F)c2)n[nH]1. The highest BCUT2D eigenvalue weighted by molar-refractivity contribution is 5.63. The van der Waals surface area contributed by atoms with Crippen LogP contribution >= 0.6 is 0 Å². The van der Waals surface area contributed by atoms with E-state index in [0.717, 1.165) is 42.5 Å². The average Bonchev–Trinajstić information content (AvgIpc) is 2.66. The van der Waals surface area contributed by atoms with E-state index < -0.39 is 29.0 Å². The van der Waals surface area contributed by atoms with Gasteiger partial charge in [-0.3, -0.25) is 4.79 Å². The van der Waals surface area contributed by atoms with E-state index in [-0.39, 0.29) is 22.4 Å². The predicted molar refractivity (Wildman–Crippen MR) is 92.7 cm³/mol. The number of aromatic amines is 1. The van der Waals surface area contributed by atoms with Crippen LogP contribution in [-0.4, -0.2) is 10.2 Å². The minimum Gasteiger partial charge on any atom is -0.268 e. The highest BCUT2D eigenvalue weighted by atomic mass is 19.4. The van der Waals surface area contributed by atoms with Crippen molar-refractivity contribution in [2.24, 2.45) is 0 Å². The van der Waals surface area contributed by atoms with Crippen LogP contribution in [0.4, 0.5) is 26.3 Å². The lowest BCUT2D eigenvalue weighted by Crippen LogP contribution is -2.09. The number of nitrogens with one attached hydrogen (secondary N) is 1. The molecule has 0 aliphatic rings. The summed E-state index contributed by atoms with van der Waals surface area (Å²) in [5.74, 6) is 4.79. The van der Waals surface area contributed by atoms with Crippen LogP contribution in [0.5, 0.6) is 0 Å². The fraction of sp³-hybridized carbons (Fsp3) is 0.100. The zero-order valence-corrected chi connectivity index (χ0v) is 14.3. The maximum Gasteiger partial charge on any atom is 0.417 e. The summed E-state index contributed by atoms with van der Waals surface area (Å²) in [5, 5.41) is 5.83. The standard InChI is InChI=1S/C20H10F6N2O/c21-19(22,23)15-7-2-12(3-8-15)1-4-13-5-6-14(11-16(13)20(24,25)26)17-9-10-18(29)28-27-17/h2-3,5-11H,(H,28,29). The predicted octanol–water partition coefficient (Wildman–Crippen LogP) is 4.87. The molecule has 3 aromatic rings. The molecule has 2 aromatic carbocycles. The molecule has 0 atom stereocenters. The highest BCUT2D eigenvalue weighted by Gasteiger charge is 2.33. The number of alkyl halides is 6. The van der Waals surface area contributed by atoms with Gasteiger partial charge in [0.05, 0.1) is 16.8 Å². The van der Waals surface area contributed by atoms with E-state index in [1.54, 1.807) is 0 Å². The van der Waals surface area contributed by atoms with Crippen LogP contribution in [0.15, 0.2) is 59.4 Å². The first-order valence-corrected chi connectivity index (χ1v) is 8.01. The number of rotatable bonds is 1. The first-order chi connectivity index (χ1) is 13.5. The Labute approximate surface area is 160 Å². The molecule has 0 amide bonds. The summed E-state index contributed by atoms with van der Waals surface area (Å²) in [6.07, 6.45) is -9.23. The van der Waals surface area contributed by atoms with Crippen LogP contribution < -0.4 is 5.56 Å². The van der Waals surface area contributed by atoms with Crippen molar-refractivity contribution in [3.63, 3.8) is 0 Å². The van der Waals surface area contributed by atoms with Crippen molar-refractivity contribution in [2.75, 3.05) is 0 Å². The fourth-order valence-corrected chi connectivity index (χ4v) is 2.43. The molecule has 0 saturated carbocycles. The minimum absolute atomic E-state index is 0.119. The van der Waals surface area contributed by atoms with Gasteiger partial charge in [0.25, 0.3) is 5.56 Å². The maximum atomic E-state index is 13.4. The number of hydrogen-bond acceptors (Lipinski definition) is 2. The third-order valence-corrected chi connectivity index (χ3v) is 3.85. The second-order valence-electron chi connectivity index (χ2n) is 5.89. The first-order valence-electron chi connectivity index (χ1n) is 8.01. The Morgan fingerprint density at radius 3 is 2.03 bits per heavy atom. The zero-order valence-electron chi connectivity index (χ0n) is 14.3. The number of aromatic nitrogens is 2. The normalized spacial score (nSPS) is 11.7. The Balaban J connectivity index is 1.99. The van der Waals surface area contributed by atoms with Crippen LogP contribution in [0.3, 0.4) is 0 Å². The molecule has 1 N–H and O–H groups in total. The minimum atomic E-state index is -4.72. The lowest BCUT2D eigenvalue weighted by Gasteiger charge is -2.11. The van der Waals surface area contributed by atoms with Crippen molar-refractivity contribution in [1.29, 1.82) is 0 Å². The van der Waals surface area contributed by atoms with Crippen LogP contribution in [0.1, 0.15) is 22.3 Å². The summed E-state index contributed by atoms with van der Waals surface area (Å²) in [5.41, 5.74) is -2.35. The number of halogens is 6. The highest BCUT2D eigenvalue weighted by Crippen LogP contribution is 2.34. The van der Waals surface area contributed by atoms with Crippen LogP contribution in [0, 0.1) is 11.8 Å². The van der Waals surface area contributed by atoms with Gasteiger partial charge in [-0.1, -0.05) is 17.9 Å². The Morgan fingerprint density at radius 1 is 0.793 bits per heavy atom. The zero-order chi connectivity index (χ0) is 21.2. The molecule has 0 spiro atoms. The van der Waals surface area contributed by atoms with E-state index >= 15 is 0 Å². The topological polar surface area (TPSA) is 45.8 Å². The number of hydrogen-bond donors (Lipinski definition) is 1. The summed E-state index contributed by atoms with van der Waals surface area (Å²) in [6, 6.07) is 9.53. The molecule has 0 fully saturated rings. The van der Waals surface area contributed by atoms with Crippen molar-refractivity contribution in [1.82, 2.24) is 10.2 Å². The largest absolute Gasteiger partial charge is 0.417 e. The molecule has 1 heterocycles. The van der Waals surface area contributed by atoms with Gasteiger partial charge in [-0.15, -0.1) is 0 Å². The number of nitrogens with zero attached hydrogens (tertiary/aromatic N) is 1. The molecule has 3 rings (SSSR count). The molecule has 0 unspecified atom stereocenters. The third-order valence-electron chi connectivity index (χ3n) is 3.85. The Hall–Kier alpha value is -3.54. The molecule has 0 bridgehead atoms. The third kappa shape index (κ3) is 4.85. The maximum absolute atomic E-state index is 13.4. The van der Waals surface area contributed by atoms with E-state index in [1.165, 1.54) is 12.1 Å². The van der Waals surface area contributed by atoms with E-state index in [0.29, 0.717) is 0 Å². The van der Waals surface area contributed by atoms with Crippen molar-refractivity contribution in [3.05, 3.63) is 87.2 Å². The Kier molecular flexibility index (Phi) is 5.20. The lowest BCUT2D eigenvalue weighted by atomic mass is 10.0. The molecule has 0 aliphatic carbocycles. The van der Waals surface area contributed by atoms with Crippen LogP contribution in [-0.2, 0) is 12.4 Å². The van der Waals surface area contributed by atoms with E-state index in [9.17, 15) is 31.1 Å². The van der Waals surface area contributed by atoms with Gasteiger partial charge in [-0.05, 0) is 42.5 Å². The molecule has 0 saturated heterocycles. The summed E-state index contributed by atoms with van der Waals surface area (Å²) in [6.45, 7) is 0. The lowest BCUT2D eigenvalue weighted by molar-refractivity contribution is -0.138. The van der Waals surface area contributed by atoms with E-state index in [2.05, 4.69) is 22.0 Å². The van der Waals surface area contributed by atoms with Gasteiger partial charge in [0.2, 0.25) is 0 Å².